The van der Waals surface area contributed by atoms with E-state index < -0.39 is 12.7 Å². The van der Waals surface area contributed by atoms with Crippen molar-refractivity contribution in [2.75, 3.05) is 31.5 Å². The number of likely N-dealkylation sites (tertiary alicyclic amines) is 1. The molecular formula is C12H16F3N5S. The van der Waals surface area contributed by atoms with Crippen LogP contribution >= 0.6 is 11.3 Å². The molecule has 21 heavy (non-hydrogen) atoms. The van der Waals surface area contributed by atoms with E-state index >= 15 is 0 Å². The number of hydrogen-bond donors (Lipinski definition) is 1. The lowest BCUT2D eigenvalue weighted by Crippen LogP contribution is -2.33. The molecule has 1 N–H and O–H groups in total. The second-order valence-corrected chi connectivity index (χ2v) is 6.36. The Morgan fingerprint density at radius 3 is 3.00 bits per heavy atom. The van der Waals surface area contributed by atoms with Gasteiger partial charge < -0.3 is 5.32 Å². The largest absolute Gasteiger partial charge is 0.401 e. The summed E-state index contributed by atoms with van der Waals surface area (Å²) in [5.74, 6) is 0.227. The maximum atomic E-state index is 12.3. The number of rotatable bonds is 4. The van der Waals surface area contributed by atoms with E-state index in [1.54, 1.807) is 4.52 Å². The summed E-state index contributed by atoms with van der Waals surface area (Å²) < 4.78 is 38.7. The molecule has 0 spiro atoms. The van der Waals surface area contributed by atoms with Crippen LogP contribution in [0.3, 0.4) is 0 Å². The van der Waals surface area contributed by atoms with Crippen molar-refractivity contribution in [3.8, 4) is 0 Å². The van der Waals surface area contributed by atoms with Crippen LogP contribution in [0.25, 0.3) is 4.96 Å². The lowest BCUT2D eigenvalue weighted by atomic mass is 10.1. The number of alkyl halides is 3. The minimum Gasteiger partial charge on any atom is -0.360 e. The maximum absolute atomic E-state index is 12.3. The number of aryl methyl sites for hydroxylation is 1. The normalized spacial score (nSPS) is 20.5. The van der Waals surface area contributed by atoms with Gasteiger partial charge in [-0.3, -0.25) is 4.90 Å². The van der Waals surface area contributed by atoms with E-state index in [2.05, 4.69) is 15.4 Å². The Bertz CT molecular complexity index is 588. The second-order valence-electron chi connectivity index (χ2n) is 5.40. The van der Waals surface area contributed by atoms with Crippen LogP contribution in [-0.2, 0) is 0 Å². The molecule has 1 atom stereocenters. The third-order valence-corrected chi connectivity index (χ3v) is 4.36. The van der Waals surface area contributed by atoms with Gasteiger partial charge in [-0.25, -0.2) is 9.50 Å². The zero-order chi connectivity index (χ0) is 15.0. The van der Waals surface area contributed by atoms with Crippen molar-refractivity contribution in [2.24, 2.45) is 5.92 Å². The van der Waals surface area contributed by atoms with Crippen molar-refractivity contribution in [1.29, 1.82) is 0 Å². The Kier molecular flexibility index (Phi) is 3.78. The zero-order valence-corrected chi connectivity index (χ0v) is 12.3. The number of nitrogens with one attached hydrogen (secondary N) is 1. The van der Waals surface area contributed by atoms with Crippen LogP contribution in [0.15, 0.2) is 6.20 Å². The highest BCUT2D eigenvalue weighted by molar-refractivity contribution is 7.20. The van der Waals surface area contributed by atoms with Crippen LogP contribution in [0.4, 0.5) is 18.3 Å². The van der Waals surface area contributed by atoms with Gasteiger partial charge in [0.25, 0.3) is 0 Å². The van der Waals surface area contributed by atoms with E-state index in [4.69, 9.17) is 0 Å². The average molecular weight is 319 g/mol. The number of hydrogen-bond acceptors (Lipinski definition) is 5. The summed E-state index contributed by atoms with van der Waals surface area (Å²) in [6, 6.07) is 0. The number of anilines is 1. The Hall–Kier alpha value is -1.35. The summed E-state index contributed by atoms with van der Waals surface area (Å²) in [5, 5.41) is 8.30. The monoisotopic (exact) mass is 319 g/mol. The first-order valence-electron chi connectivity index (χ1n) is 6.75. The van der Waals surface area contributed by atoms with Gasteiger partial charge >= 0.3 is 6.18 Å². The Balaban J connectivity index is 1.50. The van der Waals surface area contributed by atoms with Crippen molar-refractivity contribution in [3.05, 3.63) is 11.9 Å². The van der Waals surface area contributed by atoms with Gasteiger partial charge in [-0.15, -0.1) is 5.10 Å². The van der Waals surface area contributed by atoms with E-state index in [0.717, 1.165) is 22.2 Å². The molecule has 2 aromatic heterocycles. The molecule has 0 radical (unpaired) electrons. The third-order valence-electron chi connectivity index (χ3n) is 3.48. The Morgan fingerprint density at radius 1 is 1.48 bits per heavy atom. The van der Waals surface area contributed by atoms with E-state index in [-0.39, 0.29) is 5.92 Å². The SMILES string of the molecule is Cc1cn2nc(NC[C@H]3CCN(CC(F)(F)F)C3)sc2n1. The second kappa shape index (κ2) is 5.45. The molecule has 2 aromatic rings. The maximum Gasteiger partial charge on any atom is 0.401 e. The summed E-state index contributed by atoms with van der Waals surface area (Å²) in [6.07, 6.45) is -1.48. The molecule has 0 unspecified atom stereocenters. The third kappa shape index (κ3) is 3.65. The summed E-state index contributed by atoms with van der Waals surface area (Å²) in [5.41, 5.74) is 0.916. The number of fused-ring (bicyclic) bond motifs is 1. The molecule has 0 amide bonds. The summed E-state index contributed by atoms with van der Waals surface area (Å²) in [4.78, 5) is 6.59. The molecule has 1 aliphatic rings. The van der Waals surface area contributed by atoms with Gasteiger partial charge in [0.2, 0.25) is 10.1 Å². The molecule has 9 heteroatoms. The summed E-state index contributed by atoms with van der Waals surface area (Å²) in [7, 11) is 0. The van der Waals surface area contributed by atoms with Crippen LogP contribution in [0, 0.1) is 12.8 Å². The van der Waals surface area contributed by atoms with Gasteiger partial charge in [0.05, 0.1) is 18.4 Å². The van der Waals surface area contributed by atoms with E-state index in [9.17, 15) is 13.2 Å². The fourth-order valence-corrected chi connectivity index (χ4v) is 3.42. The van der Waals surface area contributed by atoms with Gasteiger partial charge in [0, 0.05) is 13.1 Å². The molecule has 1 fully saturated rings. The van der Waals surface area contributed by atoms with Gasteiger partial charge in [0.15, 0.2) is 0 Å². The molecule has 0 aliphatic carbocycles. The first-order chi connectivity index (χ1) is 9.89. The molecule has 3 heterocycles. The molecule has 0 saturated carbocycles. The van der Waals surface area contributed by atoms with Crippen LogP contribution in [0.2, 0.25) is 0 Å². The lowest BCUT2D eigenvalue weighted by Gasteiger charge is -2.17. The number of aromatic nitrogens is 3. The smallest absolute Gasteiger partial charge is 0.360 e. The van der Waals surface area contributed by atoms with Crippen LogP contribution in [-0.4, -0.2) is 51.9 Å². The molecule has 116 valence electrons. The molecule has 0 bridgehead atoms. The molecule has 3 rings (SSSR count). The molecule has 0 aromatic carbocycles. The lowest BCUT2D eigenvalue weighted by molar-refractivity contribution is -0.143. The minimum absolute atomic E-state index is 0.227. The quantitative estimate of drug-likeness (QED) is 0.940. The number of nitrogens with zero attached hydrogens (tertiary/aromatic N) is 4. The van der Waals surface area contributed by atoms with Crippen LogP contribution in [0.1, 0.15) is 12.1 Å². The van der Waals surface area contributed by atoms with E-state index in [1.165, 1.54) is 16.2 Å². The van der Waals surface area contributed by atoms with Gasteiger partial charge in [0.1, 0.15) is 0 Å². The fraction of sp³-hybridized carbons (Fsp3) is 0.667. The van der Waals surface area contributed by atoms with Gasteiger partial charge in [-0.1, -0.05) is 11.3 Å². The first-order valence-corrected chi connectivity index (χ1v) is 7.56. The fourth-order valence-electron chi connectivity index (χ4n) is 2.59. The van der Waals surface area contributed by atoms with Gasteiger partial charge in [-0.2, -0.15) is 13.2 Å². The van der Waals surface area contributed by atoms with Crippen molar-refractivity contribution in [1.82, 2.24) is 19.5 Å². The predicted octanol–water partition coefficient (Wildman–Crippen LogP) is 2.40. The van der Waals surface area contributed by atoms with Crippen molar-refractivity contribution >= 4 is 21.4 Å². The highest BCUT2D eigenvalue weighted by atomic mass is 32.1. The highest BCUT2D eigenvalue weighted by Gasteiger charge is 2.34. The topological polar surface area (TPSA) is 45.5 Å². The molecule has 1 aliphatic heterocycles. The molecule has 1 saturated heterocycles. The van der Waals surface area contributed by atoms with E-state index in [1.807, 2.05) is 13.1 Å². The average Bonchev–Trinajstić information content (AvgIpc) is 2.99. The first kappa shape index (κ1) is 14.6. The summed E-state index contributed by atoms with van der Waals surface area (Å²) in [6.45, 7) is 2.72. The summed E-state index contributed by atoms with van der Waals surface area (Å²) >= 11 is 1.45. The van der Waals surface area contributed by atoms with Crippen LogP contribution < -0.4 is 5.32 Å². The molecular weight excluding hydrogens is 303 g/mol. The van der Waals surface area contributed by atoms with Crippen molar-refractivity contribution in [3.63, 3.8) is 0 Å². The minimum atomic E-state index is -4.11. The van der Waals surface area contributed by atoms with E-state index in [0.29, 0.717) is 19.6 Å². The number of halogens is 3. The number of imidazole rings is 1. The predicted molar refractivity (Wildman–Crippen MR) is 74.7 cm³/mol. The standard InChI is InChI=1S/C12H16F3N5S/c1-8-5-20-11(17-8)21-10(18-20)16-4-9-2-3-19(6-9)7-12(13,14)15/h5,9H,2-4,6-7H2,1H3,(H,16,18)/t9-/m1/s1. The Labute approximate surface area is 123 Å². The van der Waals surface area contributed by atoms with Crippen molar-refractivity contribution in [2.45, 2.75) is 19.5 Å². The Morgan fingerprint density at radius 2 is 2.29 bits per heavy atom. The zero-order valence-electron chi connectivity index (χ0n) is 11.5. The van der Waals surface area contributed by atoms with Crippen LogP contribution in [0.5, 0.6) is 0 Å². The molecule has 5 nitrogen and oxygen atoms in total. The van der Waals surface area contributed by atoms with Crippen molar-refractivity contribution < 1.29 is 13.2 Å². The highest BCUT2D eigenvalue weighted by Crippen LogP contribution is 2.24. The van der Waals surface area contributed by atoms with Gasteiger partial charge in [-0.05, 0) is 25.8 Å².